The first-order chi connectivity index (χ1) is 9.54. The van der Waals surface area contributed by atoms with Gasteiger partial charge in [-0.2, -0.15) is 0 Å². The SMILES string of the molecule is CCOc1ccc(Br)cc1C(Br)c1cccc(Br)c1Cl. The standard InChI is InChI=1S/C15H12Br3ClO/c1-2-20-13-7-6-9(16)8-11(13)14(18)10-4-3-5-12(17)15(10)19/h3-8,14H,2H2,1H3. The molecule has 2 aromatic rings. The Kier molecular flexibility index (Phi) is 5.96. The van der Waals surface area contributed by atoms with Crippen LogP contribution in [-0.4, -0.2) is 6.61 Å². The number of hydrogen-bond donors (Lipinski definition) is 0. The number of hydrogen-bond acceptors (Lipinski definition) is 1. The summed E-state index contributed by atoms with van der Waals surface area (Å²) in [4.78, 5) is -0.0356. The zero-order valence-electron chi connectivity index (χ0n) is 10.7. The van der Waals surface area contributed by atoms with E-state index in [4.69, 9.17) is 16.3 Å². The van der Waals surface area contributed by atoms with E-state index in [0.29, 0.717) is 11.6 Å². The average Bonchev–Trinajstić information content (AvgIpc) is 2.43. The van der Waals surface area contributed by atoms with E-state index in [1.165, 1.54) is 0 Å². The molecule has 2 aromatic carbocycles. The maximum absolute atomic E-state index is 6.38. The lowest BCUT2D eigenvalue weighted by molar-refractivity contribution is 0.337. The first-order valence-electron chi connectivity index (χ1n) is 6.04. The second-order valence-electron chi connectivity index (χ2n) is 4.12. The minimum absolute atomic E-state index is 0.0356. The van der Waals surface area contributed by atoms with Crippen LogP contribution in [0.3, 0.4) is 0 Å². The number of ether oxygens (including phenoxy) is 1. The highest BCUT2D eigenvalue weighted by Crippen LogP contribution is 2.42. The molecule has 0 fully saturated rings. The normalized spacial score (nSPS) is 12.2. The van der Waals surface area contributed by atoms with Crippen LogP contribution in [0.4, 0.5) is 0 Å². The molecule has 0 heterocycles. The van der Waals surface area contributed by atoms with Crippen molar-refractivity contribution < 1.29 is 4.74 Å². The van der Waals surface area contributed by atoms with Crippen LogP contribution in [0.25, 0.3) is 0 Å². The molecule has 0 aliphatic rings. The molecule has 0 amide bonds. The molecule has 2 rings (SSSR count). The van der Waals surface area contributed by atoms with E-state index >= 15 is 0 Å². The van der Waals surface area contributed by atoms with E-state index in [9.17, 15) is 0 Å². The minimum atomic E-state index is -0.0356. The number of halogens is 4. The molecule has 0 spiro atoms. The molecule has 0 saturated heterocycles. The maximum atomic E-state index is 6.38. The highest BCUT2D eigenvalue weighted by atomic mass is 79.9. The monoisotopic (exact) mass is 480 g/mol. The van der Waals surface area contributed by atoms with E-state index in [-0.39, 0.29) is 4.83 Å². The second-order valence-corrected chi connectivity index (χ2v) is 7.18. The zero-order chi connectivity index (χ0) is 14.7. The van der Waals surface area contributed by atoms with Crippen molar-refractivity contribution >= 4 is 59.4 Å². The Morgan fingerprint density at radius 1 is 1.15 bits per heavy atom. The zero-order valence-corrected chi connectivity index (χ0v) is 16.2. The maximum Gasteiger partial charge on any atom is 0.124 e. The van der Waals surface area contributed by atoms with Crippen LogP contribution in [0.2, 0.25) is 5.02 Å². The molecule has 1 atom stereocenters. The summed E-state index contributed by atoms with van der Waals surface area (Å²) in [6.45, 7) is 2.60. The lowest BCUT2D eigenvalue weighted by Crippen LogP contribution is -2.00. The molecule has 0 radical (unpaired) electrons. The smallest absolute Gasteiger partial charge is 0.124 e. The molecule has 0 N–H and O–H groups in total. The lowest BCUT2D eigenvalue weighted by atomic mass is 10.0. The van der Waals surface area contributed by atoms with Gasteiger partial charge in [-0.1, -0.05) is 55.6 Å². The first kappa shape index (κ1) is 16.3. The van der Waals surface area contributed by atoms with E-state index in [1.54, 1.807) is 0 Å². The van der Waals surface area contributed by atoms with Gasteiger partial charge in [0.25, 0.3) is 0 Å². The Bertz CT molecular complexity index is 616. The third-order valence-corrected chi connectivity index (χ3v) is 5.59. The molecule has 106 valence electrons. The van der Waals surface area contributed by atoms with Gasteiger partial charge in [-0.05, 0) is 52.7 Å². The summed E-state index contributed by atoms with van der Waals surface area (Å²) in [6.07, 6.45) is 0. The van der Waals surface area contributed by atoms with Crippen LogP contribution in [-0.2, 0) is 0 Å². The molecule has 1 nitrogen and oxygen atoms in total. The third-order valence-electron chi connectivity index (χ3n) is 2.80. The predicted molar refractivity (Wildman–Crippen MR) is 95.2 cm³/mol. The van der Waals surface area contributed by atoms with E-state index in [0.717, 1.165) is 25.8 Å². The lowest BCUT2D eigenvalue weighted by Gasteiger charge is -2.17. The van der Waals surface area contributed by atoms with Crippen LogP contribution in [0.1, 0.15) is 22.9 Å². The van der Waals surface area contributed by atoms with Crippen molar-refractivity contribution in [1.82, 2.24) is 0 Å². The summed E-state index contributed by atoms with van der Waals surface area (Å²) in [5, 5.41) is 0.705. The van der Waals surface area contributed by atoms with Crippen molar-refractivity contribution in [3.8, 4) is 5.75 Å². The highest BCUT2D eigenvalue weighted by molar-refractivity contribution is 9.11. The summed E-state index contributed by atoms with van der Waals surface area (Å²) in [5.74, 6) is 0.855. The third kappa shape index (κ3) is 3.59. The van der Waals surface area contributed by atoms with Crippen LogP contribution >= 0.6 is 59.4 Å². The van der Waals surface area contributed by atoms with E-state index in [1.807, 2.05) is 43.3 Å². The van der Waals surface area contributed by atoms with Crippen LogP contribution in [0, 0.1) is 0 Å². The summed E-state index contributed by atoms with van der Waals surface area (Å²) < 4.78 is 7.59. The van der Waals surface area contributed by atoms with Gasteiger partial charge < -0.3 is 4.74 Å². The van der Waals surface area contributed by atoms with Crippen molar-refractivity contribution in [1.29, 1.82) is 0 Å². The van der Waals surface area contributed by atoms with Crippen molar-refractivity contribution in [3.05, 3.63) is 61.5 Å². The molecule has 1 unspecified atom stereocenters. The van der Waals surface area contributed by atoms with Gasteiger partial charge in [0.2, 0.25) is 0 Å². The fraction of sp³-hybridized carbons (Fsp3) is 0.200. The summed E-state index contributed by atoms with van der Waals surface area (Å²) in [7, 11) is 0. The number of benzene rings is 2. The first-order valence-corrected chi connectivity index (χ1v) is 8.92. The molecule has 0 aliphatic carbocycles. The molecule has 20 heavy (non-hydrogen) atoms. The minimum Gasteiger partial charge on any atom is -0.494 e. The van der Waals surface area contributed by atoms with Gasteiger partial charge in [0.1, 0.15) is 5.75 Å². The van der Waals surface area contributed by atoms with Crippen molar-refractivity contribution in [3.63, 3.8) is 0 Å². The van der Waals surface area contributed by atoms with Crippen molar-refractivity contribution in [2.24, 2.45) is 0 Å². The van der Waals surface area contributed by atoms with Crippen LogP contribution in [0.5, 0.6) is 5.75 Å². The van der Waals surface area contributed by atoms with Gasteiger partial charge in [-0.25, -0.2) is 0 Å². The summed E-state index contributed by atoms with van der Waals surface area (Å²) >= 11 is 17.1. The van der Waals surface area contributed by atoms with Crippen LogP contribution < -0.4 is 4.74 Å². The van der Waals surface area contributed by atoms with Crippen molar-refractivity contribution in [2.45, 2.75) is 11.8 Å². The molecule has 0 bridgehead atoms. The number of rotatable bonds is 4. The summed E-state index contributed by atoms with van der Waals surface area (Å²) in [5.41, 5.74) is 2.04. The van der Waals surface area contributed by atoms with Crippen molar-refractivity contribution in [2.75, 3.05) is 6.61 Å². The van der Waals surface area contributed by atoms with Gasteiger partial charge in [0, 0.05) is 14.5 Å². The molecule has 5 heteroatoms. The number of alkyl halides is 1. The average molecular weight is 483 g/mol. The predicted octanol–water partition coefficient (Wildman–Crippen LogP) is 6.75. The Morgan fingerprint density at radius 2 is 1.90 bits per heavy atom. The largest absolute Gasteiger partial charge is 0.494 e. The Hall–Kier alpha value is -0.0300. The Balaban J connectivity index is 2.49. The fourth-order valence-electron chi connectivity index (χ4n) is 1.89. The summed E-state index contributed by atoms with van der Waals surface area (Å²) in [6, 6.07) is 11.9. The van der Waals surface area contributed by atoms with Gasteiger partial charge >= 0.3 is 0 Å². The molecule has 0 aliphatic heterocycles. The second kappa shape index (κ2) is 7.30. The van der Waals surface area contributed by atoms with E-state index < -0.39 is 0 Å². The van der Waals surface area contributed by atoms with Crippen LogP contribution in [0.15, 0.2) is 45.3 Å². The Labute approximate surface area is 149 Å². The van der Waals surface area contributed by atoms with Gasteiger partial charge in [-0.15, -0.1) is 0 Å². The topological polar surface area (TPSA) is 9.23 Å². The van der Waals surface area contributed by atoms with E-state index in [2.05, 4.69) is 47.8 Å². The fourth-order valence-corrected chi connectivity index (χ4v) is 3.75. The molecule has 0 saturated carbocycles. The highest BCUT2D eigenvalue weighted by Gasteiger charge is 2.19. The quantitative estimate of drug-likeness (QED) is 0.438. The molecular weight excluding hydrogens is 471 g/mol. The Morgan fingerprint density at radius 3 is 2.60 bits per heavy atom. The van der Waals surface area contributed by atoms with Gasteiger partial charge in [0.05, 0.1) is 16.5 Å². The molecular formula is C15H12Br3ClO. The van der Waals surface area contributed by atoms with Gasteiger partial charge in [0.15, 0.2) is 0 Å². The van der Waals surface area contributed by atoms with Gasteiger partial charge in [-0.3, -0.25) is 0 Å². The molecule has 0 aromatic heterocycles.